The van der Waals surface area contributed by atoms with Gasteiger partial charge in [-0.3, -0.25) is 0 Å². The standard InChI is InChI=1S/C12H17F3N2O2/c1-9(7-18-2)5-16-10-3-4-11(17-6-10)19-8-12(13,14)15/h3-4,6,9,16H,5,7-8H2,1-2H3. The summed E-state index contributed by atoms with van der Waals surface area (Å²) < 4.78 is 45.3. The van der Waals surface area contributed by atoms with Crippen LogP contribution in [0.25, 0.3) is 0 Å². The van der Waals surface area contributed by atoms with Gasteiger partial charge in [-0.2, -0.15) is 13.2 Å². The van der Waals surface area contributed by atoms with Crippen LogP contribution >= 0.6 is 0 Å². The van der Waals surface area contributed by atoms with Gasteiger partial charge in [0.25, 0.3) is 0 Å². The average Bonchev–Trinajstić information content (AvgIpc) is 2.34. The molecule has 1 N–H and O–H groups in total. The predicted molar refractivity (Wildman–Crippen MR) is 65.3 cm³/mol. The molecule has 0 aliphatic carbocycles. The smallest absolute Gasteiger partial charge is 0.422 e. The molecule has 0 saturated heterocycles. The molecule has 0 fully saturated rings. The van der Waals surface area contributed by atoms with Gasteiger partial charge in [0.2, 0.25) is 5.88 Å². The summed E-state index contributed by atoms with van der Waals surface area (Å²) in [6.07, 6.45) is -2.92. The van der Waals surface area contributed by atoms with Crippen LogP contribution in [0.15, 0.2) is 18.3 Å². The Hall–Kier alpha value is -1.50. The van der Waals surface area contributed by atoms with E-state index in [0.717, 1.165) is 5.69 Å². The summed E-state index contributed by atoms with van der Waals surface area (Å²) in [6, 6.07) is 3.02. The molecule has 1 unspecified atom stereocenters. The van der Waals surface area contributed by atoms with Crippen LogP contribution in [0.1, 0.15) is 6.92 Å². The van der Waals surface area contributed by atoms with Crippen molar-refractivity contribution in [3.63, 3.8) is 0 Å². The van der Waals surface area contributed by atoms with Gasteiger partial charge in [0.15, 0.2) is 6.61 Å². The van der Waals surface area contributed by atoms with E-state index in [1.165, 1.54) is 12.3 Å². The fraction of sp³-hybridized carbons (Fsp3) is 0.583. The number of anilines is 1. The number of hydrogen-bond donors (Lipinski definition) is 1. The van der Waals surface area contributed by atoms with Crippen molar-refractivity contribution in [3.05, 3.63) is 18.3 Å². The quantitative estimate of drug-likeness (QED) is 0.833. The summed E-state index contributed by atoms with van der Waals surface area (Å²) in [7, 11) is 1.63. The fourth-order valence-electron chi connectivity index (χ4n) is 1.36. The minimum absolute atomic E-state index is 0.0483. The van der Waals surface area contributed by atoms with Gasteiger partial charge in [-0.05, 0) is 12.0 Å². The number of pyridine rings is 1. The molecule has 1 atom stereocenters. The Morgan fingerprint density at radius 3 is 2.63 bits per heavy atom. The molecule has 1 aromatic rings. The Morgan fingerprint density at radius 1 is 1.37 bits per heavy atom. The summed E-state index contributed by atoms with van der Waals surface area (Å²) in [5.74, 6) is 0.277. The zero-order valence-corrected chi connectivity index (χ0v) is 10.8. The number of nitrogens with zero attached hydrogens (tertiary/aromatic N) is 1. The molecule has 0 radical (unpaired) electrons. The second kappa shape index (κ2) is 7.18. The Morgan fingerprint density at radius 2 is 2.11 bits per heavy atom. The minimum Gasteiger partial charge on any atom is -0.468 e. The van der Waals surface area contributed by atoms with E-state index in [1.807, 2.05) is 6.92 Å². The van der Waals surface area contributed by atoms with Gasteiger partial charge in [0.1, 0.15) is 0 Å². The summed E-state index contributed by atoms with van der Waals surface area (Å²) in [6.45, 7) is 2.01. The zero-order chi connectivity index (χ0) is 14.3. The third-order valence-corrected chi connectivity index (χ3v) is 2.23. The molecule has 108 valence electrons. The predicted octanol–water partition coefficient (Wildman–Crippen LogP) is 2.72. The third-order valence-electron chi connectivity index (χ3n) is 2.23. The van der Waals surface area contributed by atoms with Gasteiger partial charge < -0.3 is 14.8 Å². The highest BCUT2D eigenvalue weighted by molar-refractivity contribution is 5.41. The second-order valence-electron chi connectivity index (χ2n) is 4.23. The number of alkyl halides is 3. The largest absolute Gasteiger partial charge is 0.468 e. The lowest BCUT2D eigenvalue weighted by atomic mass is 10.2. The molecule has 4 nitrogen and oxygen atoms in total. The molecule has 0 saturated carbocycles. The van der Waals surface area contributed by atoms with Crippen LogP contribution in [0.3, 0.4) is 0 Å². The molecule has 0 amide bonds. The highest BCUT2D eigenvalue weighted by atomic mass is 19.4. The van der Waals surface area contributed by atoms with E-state index < -0.39 is 12.8 Å². The van der Waals surface area contributed by atoms with E-state index in [4.69, 9.17) is 4.74 Å². The zero-order valence-electron chi connectivity index (χ0n) is 10.8. The maximum Gasteiger partial charge on any atom is 0.422 e. The molecule has 0 spiro atoms. The molecule has 1 rings (SSSR count). The van der Waals surface area contributed by atoms with Crippen LogP contribution in [0.5, 0.6) is 5.88 Å². The van der Waals surface area contributed by atoms with E-state index >= 15 is 0 Å². The molecule has 0 aliphatic rings. The van der Waals surface area contributed by atoms with Crippen LogP contribution in [-0.4, -0.2) is 38.0 Å². The molecule has 0 aromatic carbocycles. The molecule has 0 aliphatic heterocycles. The van der Waals surface area contributed by atoms with Gasteiger partial charge in [-0.25, -0.2) is 4.98 Å². The highest BCUT2D eigenvalue weighted by Crippen LogP contribution is 2.18. The molecule has 1 heterocycles. The lowest BCUT2D eigenvalue weighted by Crippen LogP contribution is -2.19. The number of ether oxygens (including phenoxy) is 2. The number of rotatable bonds is 7. The van der Waals surface area contributed by atoms with Crippen LogP contribution in [0, 0.1) is 5.92 Å². The molecular weight excluding hydrogens is 261 g/mol. The number of methoxy groups -OCH3 is 1. The maximum atomic E-state index is 11.9. The van der Waals surface area contributed by atoms with Gasteiger partial charge in [0.05, 0.1) is 18.5 Å². The number of nitrogens with one attached hydrogen (secondary N) is 1. The van der Waals surface area contributed by atoms with Crippen LogP contribution < -0.4 is 10.1 Å². The molecule has 7 heteroatoms. The number of aromatic nitrogens is 1. The van der Waals surface area contributed by atoms with Gasteiger partial charge in [0, 0.05) is 19.7 Å². The first-order valence-corrected chi connectivity index (χ1v) is 5.79. The van der Waals surface area contributed by atoms with Crippen LogP contribution in [0.2, 0.25) is 0 Å². The maximum absolute atomic E-state index is 11.9. The Bertz CT molecular complexity index is 368. The van der Waals surface area contributed by atoms with Crippen molar-refractivity contribution in [3.8, 4) is 5.88 Å². The van der Waals surface area contributed by atoms with E-state index in [0.29, 0.717) is 19.1 Å². The summed E-state index contributed by atoms with van der Waals surface area (Å²) in [4.78, 5) is 3.79. The molecule has 19 heavy (non-hydrogen) atoms. The average molecular weight is 278 g/mol. The van der Waals surface area contributed by atoms with Crippen LogP contribution in [-0.2, 0) is 4.74 Å². The molecular formula is C12H17F3N2O2. The van der Waals surface area contributed by atoms with E-state index in [1.54, 1.807) is 13.2 Å². The third kappa shape index (κ3) is 6.85. The monoisotopic (exact) mass is 278 g/mol. The van der Waals surface area contributed by atoms with Crippen molar-refractivity contribution in [2.75, 3.05) is 32.2 Å². The van der Waals surface area contributed by atoms with Crippen LogP contribution in [0.4, 0.5) is 18.9 Å². The Labute approximate surface area is 109 Å². The van der Waals surface area contributed by atoms with E-state index in [9.17, 15) is 13.2 Å². The van der Waals surface area contributed by atoms with Gasteiger partial charge in [-0.15, -0.1) is 0 Å². The first-order valence-electron chi connectivity index (χ1n) is 5.79. The van der Waals surface area contributed by atoms with Crippen molar-refractivity contribution in [1.29, 1.82) is 0 Å². The topological polar surface area (TPSA) is 43.4 Å². The fourth-order valence-corrected chi connectivity index (χ4v) is 1.36. The lowest BCUT2D eigenvalue weighted by molar-refractivity contribution is -0.154. The normalized spacial score (nSPS) is 13.1. The lowest BCUT2D eigenvalue weighted by Gasteiger charge is -2.13. The molecule has 0 bridgehead atoms. The molecule has 1 aromatic heterocycles. The highest BCUT2D eigenvalue weighted by Gasteiger charge is 2.28. The Kier molecular flexibility index (Phi) is 5.88. The minimum atomic E-state index is -4.35. The second-order valence-corrected chi connectivity index (χ2v) is 4.23. The number of halogens is 3. The summed E-state index contributed by atoms with van der Waals surface area (Å²) in [5.41, 5.74) is 0.724. The first kappa shape index (κ1) is 15.6. The number of hydrogen-bond acceptors (Lipinski definition) is 4. The van der Waals surface area contributed by atoms with Gasteiger partial charge >= 0.3 is 6.18 Å². The van der Waals surface area contributed by atoms with Crippen molar-refractivity contribution in [2.45, 2.75) is 13.1 Å². The Balaban J connectivity index is 2.39. The first-order chi connectivity index (χ1) is 8.90. The SMILES string of the molecule is COCC(C)CNc1ccc(OCC(F)(F)F)nc1. The van der Waals surface area contributed by atoms with Crippen molar-refractivity contribution >= 4 is 5.69 Å². The van der Waals surface area contributed by atoms with Crippen molar-refractivity contribution < 1.29 is 22.6 Å². The van der Waals surface area contributed by atoms with E-state index in [-0.39, 0.29) is 5.88 Å². The van der Waals surface area contributed by atoms with Crippen molar-refractivity contribution in [2.24, 2.45) is 5.92 Å². The van der Waals surface area contributed by atoms with E-state index in [2.05, 4.69) is 15.0 Å². The van der Waals surface area contributed by atoms with Gasteiger partial charge in [-0.1, -0.05) is 6.92 Å². The summed E-state index contributed by atoms with van der Waals surface area (Å²) >= 11 is 0. The summed E-state index contributed by atoms with van der Waals surface area (Å²) in [5, 5.41) is 3.11. The van der Waals surface area contributed by atoms with Crippen molar-refractivity contribution in [1.82, 2.24) is 4.98 Å².